The van der Waals surface area contributed by atoms with Gasteiger partial charge in [-0.05, 0) is 43.5 Å². The lowest BCUT2D eigenvalue weighted by Crippen LogP contribution is -2.31. The number of nitrogens with one attached hydrogen (secondary N) is 1. The molecule has 0 aliphatic carbocycles. The molecule has 0 aliphatic heterocycles. The second-order valence-electron chi connectivity index (χ2n) is 7.51. The summed E-state index contributed by atoms with van der Waals surface area (Å²) < 4.78 is 1.91. The van der Waals surface area contributed by atoms with Gasteiger partial charge in [-0.15, -0.1) is 0 Å². The van der Waals surface area contributed by atoms with E-state index in [9.17, 15) is 4.79 Å². The van der Waals surface area contributed by atoms with Crippen LogP contribution in [-0.4, -0.2) is 27.2 Å². The minimum atomic E-state index is 0.0216. The van der Waals surface area contributed by atoms with Gasteiger partial charge >= 0.3 is 0 Å². The highest BCUT2D eigenvalue weighted by Gasteiger charge is 2.19. The number of aryl methyl sites for hydroxylation is 1. The fourth-order valence-electron chi connectivity index (χ4n) is 3.53. The Morgan fingerprint density at radius 3 is 2.50 bits per heavy atom. The topological polar surface area (TPSA) is 59.8 Å². The van der Waals surface area contributed by atoms with E-state index in [1.807, 2.05) is 61.1 Å². The second-order valence-corrected chi connectivity index (χ2v) is 7.51. The third-order valence-electron chi connectivity index (χ3n) is 5.22. The lowest BCUT2D eigenvalue weighted by Gasteiger charge is -2.21. The van der Waals surface area contributed by atoms with Crippen LogP contribution in [0.2, 0.25) is 0 Å². The van der Waals surface area contributed by atoms with Crippen molar-refractivity contribution in [3.8, 4) is 5.69 Å². The smallest absolute Gasteiger partial charge is 0.224 e. The van der Waals surface area contributed by atoms with Crippen LogP contribution >= 0.6 is 0 Å². The Balaban J connectivity index is 1.69. The third-order valence-corrected chi connectivity index (χ3v) is 5.22. The van der Waals surface area contributed by atoms with E-state index in [0.717, 1.165) is 28.2 Å². The summed E-state index contributed by atoms with van der Waals surface area (Å²) in [5, 5.41) is 7.74. The van der Waals surface area contributed by atoms with Crippen LogP contribution in [0.15, 0.2) is 54.9 Å². The van der Waals surface area contributed by atoms with Gasteiger partial charge in [-0.3, -0.25) is 9.78 Å². The van der Waals surface area contributed by atoms with E-state index in [1.54, 1.807) is 6.20 Å². The highest BCUT2D eigenvalue weighted by molar-refractivity contribution is 5.79. The van der Waals surface area contributed by atoms with Crippen molar-refractivity contribution in [1.82, 2.24) is 20.1 Å². The molecule has 2 aromatic heterocycles. The number of carbonyl (C=O) groups excluding carboxylic acids is 1. The van der Waals surface area contributed by atoms with Crippen LogP contribution in [0.1, 0.15) is 42.3 Å². The maximum atomic E-state index is 12.7. The standard InChI is InChI=1S/C23H28N4O/c1-16(2)22(19-9-8-12-24-14-19)15-25-23(28)13-21-17(3)26-27(18(21)4)20-10-6-5-7-11-20/h5-12,14,16,22H,13,15H2,1-4H3,(H,25,28)/t22-/m1/s1. The third kappa shape index (κ3) is 4.47. The Kier molecular flexibility index (Phi) is 6.24. The van der Waals surface area contributed by atoms with Crippen LogP contribution in [0.25, 0.3) is 5.69 Å². The lowest BCUT2D eigenvalue weighted by atomic mass is 9.89. The van der Waals surface area contributed by atoms with Gasteiger partial charge in [-0.25, -0.2) is 4.68 Å². The molecule has 5 nitrogen and oxygen atoms in total. The number of nitrogens with zero attached hydrogens (tertiary/aromatic N) is 3. The minimum absolute atomic E-state index is 0.0216. The number of aromatic nitrogens is 3. The van der Waals surface area contributed by atoms with E-state index in [2.05, 4.69) is 35.3 Å². The second kappa shape index (κ2) is 8.83. The maximum absolute atomic E-state index is 12.7. The van der Waals surface area contributed by atoms with Gasteiger partial charge in [0.2, 0.25) is 5.91 Å². The molecule has 0 radical (unpaired) electrons. The van der Waals surface area contributed by atoms with Gasteiger partial charge in [-0.1, -0.05) is 38.1 Å². The Morgan fingerprint density at radius 1 is 1.11 bits per heavy atom. The zero-order chi connectivity index (χ0) is 20.1. The van der Waals surface area contributed by atoms with Crippen LogP contribution in [0.4, 0.5) is 0 Å². The van der Waals surface area contributed by atoms with Crippen LogP contribution < -0.4 is 5.32 Å². The van der Waals surface area contributed by atoms with E-state index in [4.69, 9.17) is 0 Å². The van der Waals surface area contributed by atoms with E-state index < -0.39 is 0 Å². The Labute approximate surface area is 166 Å². The molecule has 0 unspecified atom stereocenters. The molecule has 0 fully saturated rings. The summed E-state index contributed by atoms with van der Waals surface area (Å²) in [5.74, 6) is 0.675. The number of amides is 1. The highest BCUT2D eigenvalue weighted by Crippen LogP contribution is 2.23. The van der Waals surface area contributed by atoms with Gasteiger partial charge in [0.05, 0.1) is 17.8 Å². The number of rotatable bonds is 7. The van der Waals surface area contributed by atoms with Crippen LogP contribution in [0.3, 0.4) is 0 Å². The quantitative estimate of drug-likeness (QED) is 0.678. The van der Waals surface area contributed by atoms with Gasteiger partial charge in [-0.2, -0.15) is 5.10 Å². The highest BCUT2D eigenvalue weighted by atomic mass is 16.1. The first-order chi connectivity index (χ1) is 13.5. The van der Waals surface area contributed by atoms with E-state index >= 15 is 0 Å². The first kappa shape index (κ1) is 19.8. The summed E-state index contributed by atoms with van der Waals surface area (Å²) in [6.07, 6.45) is 3.99. The summed E-state index contributed by atoms with van der Waals surface area (Å²) in [4.78, 5) is 16.9. The lowest BCUT2D eigenvalue weighted by molar-refractivity contribution is -0.120. The predicted molar refractivity (Wildman–Crippen MR) is 112 cm³/mol. The molecular weight excluding hydrogens is 348 g/mol. The number of pyridine rings is 1. The Morgan fingerprint density at radius 2 is 1.86 bits per heavy atom. The molecule has 1 amide bonds. The molecule has 5 heteroatoms. The first-order valence-electron chi connectivity index (χ1n) is 9.74. The monoisotopic (exact) mass is 376 g/mol. The molecule has 3 aromatic rings. The normalized spacial score (nSPS) is 12.2. The summed E-state index contributed by atoms with van der Waals surface area (Å²) in [6.45, 7) is 8.92. The van der Waals surface area contributed by atoms with Crippen molar-refractivity contribution < 1.29 is 4.79 Å². The molecule has 0 saturated heterocycles. The van der Waals surface area contributed by atoms with Crippen LogP contribution in [0.5, 0.6) is 0 Å². The maximum Gasteiger partial charge on any atom is 0.224 e. The zero-order valence-corrected chi connectivity index (χ0v) is 17.0. The van der Waals surface area contributed by atoms with Gasteiger partial charge < -0.3 is 5.32 Å². The summed E-state index contributed by atoms with van der Waals surface area (Å²) >= 11 is 0. The first-order valence-corrected chi connectivity index (χ1v) is 9.74. The molecule has 1 atom stereocenters. The molecule has 0 aliphatic rings. The molecule has 0 saturated carbocycles. The molecule has 3 rings (SSSR count). The average Bonchev–Trinajstić information content (AvgIpc) is 2.97. The van der Waals surface area contributed by atoms with Crippen molar-refractivity contribution in [1.29, 1.82) is 0 Å². The number of carbonyl (C=O) groups is 1. The summed E-state index contributed by atoms with van der Waals surface area (Å²) in [6, 6.07) is 14.0. The minimum Gasteiger partial charge on any atom is -0.355 e. The van der Waals surface area contributed by atoms with E-state index in [0.29, 0.717) is 18.9 Å². The molecule has 146 valence electrons. The fourth-order valence-corrected chi connectivity index (χ4v) is 3.53. The SMILES string of the molecule is Cc1nn(-c2ccccc2)c(C)c1CC(=O)NC[C@@H](c1cccnc1)C(C)C. The Bertz CT molecular complexity index is 917. The van der Waals surface area contributed by atoms with Crippen LogP contribution in [0, 0.1) is 19.8 Å². The molecule has 0 bridgehead atoms. The van der Waals surface area contributed by atoms with Crippen molar-refractivity contribution in [3.05, 3.63) is 77.4 Å². The Hall–Kier alpha value is -2.95. The van der Waals surface area contributed by atoms with Gasteiger partial charge in [0.1, 0.15) is 0 Å². The molecule has 0 spiro atoms. The van der Waals surface area contributed by atoms with Crippen molar-refractivity contribution in [2.75, 3.05) is 6.54 Å². The van der Waals surface area contributed by atoms with Crippen LogP contribution in [-0.2, 0) is 11.2 Å². The van der Waals surface area contributed by atoms with Gasteiger partial charge in [0.25, 0.3) is 0 Å². The summed E-state index contributed by atoms with van der Waals surface area (Å²) in [5.41, 5.74) is 5.05. The number of hydrogen-bond donors (Lipinski definition) is 1. The number of para-hydroxylation sites is 1. The summed E-state index contributed by atoms with van der Waals surface area (Å²) in [7, 11) is 0. The van der Waals surface area contributed by atoms with E-state index in [1.165, 1.54) is 0 Å². The fraction of sp³-hybridized carbons (Fsp3) is 0.348. The van der Waals surface area contributed by atoms with Crippen molar-refractivity contribution in [2.45, 2.75) is 40.0 Å². The van der Waals surface area contributed by atoms with E-state index in [-0.39, 0.29) is 11.8 Å². The largest absolute Gasteiger partial charge is 0.355 e. The zero-order valence-electron chi connectivity index (χ0n) is 17.0. The average molecular weight is 377 g/mol. The van der Waals surface area contributed by atoms with Gasteiger partial charge in [0.15, 0.2) is 0 Å². The molecule has 1 N–H and O–H groups in total. The number of benzene rings is 1. The van der Waals surface area contributed by atoms with Crippen molar-refractivity contribution >= 4 is 5.91 Å². The number of hydrogen-bond acceptors (Lipinski definition) is 3. The van der Waals surface area contributed by atoms with Crippen molar-refractivity contribution in [3.63, 3.8) is 0 Å². The molecule has 2 heterocycles. The molecule has 28 heavy (non-hydrogen) atoms. The van der Waals surface area contributed by atoms with Crippen molar-refractivity contribution in [2.24, 2.45) is 5.92 Å². The molecule has 1 aromatic carbocycles. The predicted octanol–water partition coefficient (Wildman–Crippen LogP) is 3.98. The molecular formula is C23H28N4O. The van der Waals surface area contributed by atoms with Gasteiger partial charge in [0, 0.05) is 36.1 Å².